The SMILES string of the molecule is CCc1c(S(=O)(=O)Cl)ccc2c1OCCCO2. The fourth-order valence-corrected chi connectivity index (χ4v) is 3.03. The molecule has 0 fully saturated rings. The van der Waals surface area contributed by atoms with Crippen molar-refractivity contribution in [3.8, 4) is 11.5 Å². The molecule has 0 spiro atoms. The summed E-state index contributed by atoms with van der Waals surface area (Å²) >= 11 is 0. The van der Waals surface area contributed by atoms with E-state index in [1.54, 1.807) is 6.07 Å². The maximum absolute atomic E-state index is 11.5. The number of rotatable bonds is 2. The second-order valence-corrected chi connectivity index (χ2v) is 6.25. The molecular formula is C11H13ClO4S. The van der Waals surface area contributed by atoms with E-state index in [4.69, 9.17) is 20.2 Å². The molecule has 0 bridgehead atoms. The first-order valence-electron chi connectivity index (χ1n) is 5.40. The van der Waals surface area contributed by atoms with Gasteiger partial charge in [0.1, 0.15) is 0 Å². The third-order valence-electron chi connectivity index (χ3n) is 2.59. The van der Waals surface area contributed by atoms with E-state index in [0.717, 1.165) is 6.42 Å². The van der Waals surface area contributed by atoms with Crippen LogP contribution in [0.4, 0.5) is 0 Å². The van der Waals surface area contributed by atoms with Gasteiger partial charge in [0.25, 0.3) is 9.05 Å². The first kappa shape index (κ1) is 12.5. The minimum absolute atomic E-state index is 0.103. The molecule has 6 heteroatoms. The van der Waals surface area contributed by atoms with Crippen LogP contribution in [0.15, 0.2) is 17.0 Å². The van der Waals surface area contributed by atoms with E-state index in [1.165, 1.54) is 6.07 Å². The van der Waals surface area contributed by atoms with Crippen LogP contribution in [0.5, 0.6) is 11.5 Å². The van der Waals surface area contributed by atoms with Crippen LogP contribution in [0.1, 0.15) is 18.9 Å². The van der Waals surface area contributed by atoms with Crippen molar-refractivity contribution >= 4 is 19.7 Å². The first-order chi connectivity index (χ1) is 8.04. The van der Waals surface area contributed by atoms with E-state index in [1.807, 2.05) is 6.92 Å². The molecule has 1 aliphatic heterocycles. The standard InChI is InChI=1S/C11H13ClO4S/c1-2-8-10(17(12,13)14)5-4-9-11(8)16-7-3-6-15-9/h4-5H,2-3,6-7H2,1H3. The van der Waals surface area contributed by atoms with Crippen molar-refractivity contribution in [1.82, 2.24) is 0 Å². The molecule has 0 saturated carbocycles. The molecule has 17 heavy (non-hydrogen) atoms. The Hall–Kier alpha value is -0.940. The number of fused-ring (bicyclic) bond motifs is 1. The van der Waals surface area contributed by atoms with E-state index in [-0.39, 0.29) is 4.90 Å². The predicted octanol–water partition coefficient (Wildman–Crippen LogP) is 2.34. The second-order valence-electron chi connectivity index (χ2n) is 3.71. The van der Waals surface area contributed by atoms with Gasteiger partial charge < -0.3 is 9.47 Å². The van der Waals surface area contributed by atoms with Crippen LogP contribution in [0, 0.1) is 0 Å². The Morgan fingerprint density at radius 3 is 2.65 bits per heavy atom. The Morgan fingerprint density at radius 1 is 1.29 bits per heavy atom. The highest BCUT2D eigenvalue weighted by atomic mass is 35.7. The molecule has 0 unspecified atom stereocenters. The molecule has 0 amide bonds. The smallest absolute Gasteiger partial charge is 0.261 e. The molecule has 1 aliphatic rings. The molecule has 2 rings (SSSR count). The van der Waals surface area contributed by atoms with Gasteiger partial charge in [-0.05, 0) is 18.6 Å². The Bertz CT molecular complexity index is 525. The maximum Gasteiger partial charge on any atom is 0.261 e. The van der Waals surface area contributed by atoms with Gasteiger partial charge in [0, 0.05) is 22.7 Å². The molecule has 0 aliphatic carbocycles. The highest BCUT2D eigenvalue weighted by molar-refractivity contribution is 8.13. The van der Waals surface area contributed by atoms with Crippen LogP contribution in [0.25, 0.3) is 0 Å². The highest BCUT2D eigenvalue weighted by Gasteiger charge is 2.23. The lowest BCUT2D eigenvalue weighted by molar-refractivity contribution is 0.296. The zero-order valence-electron chi connectivity index (χ0n) is 9.40. The summed E-state index contributed by atoms with van der Waals surface area (Å²) in [6, 6.07) is 3.06. The van der Waals surface area contributed by atoms with Crippen molar-refractivity contribution in [3.63, 3.8) is 0 Å². The van der Waals surface area contributed by atoms with Gasteiger partial charge in [-0.2, -0.15) is 0 Å². The highest BCUT2D eigenvalue weighted by Crippen LogP contribution is 2.38. The molecule has 0 radical (unpaired) electrons. The van der Waals surface area contributed by atoms with Crippen LogP contribution < -0.4 is 9.47 Å². The van der Waals surface area contributed by atoms with Gasteiger partial charge in [-0.1, -0.05) is 6.92 Å². The third-order valence-corrected chi connectivity index (χ3v) is 4.00. The topological polar surface area (TPSA) is 52.6 Å². The minimum Gasteiger partial charge on any atom is -0.490 e. The van der Waals surface area contributed by atoms with E-state index in [9.17, 15) is 8.42 Å². The van der Waals surface area contributed by atoms with Crippen LogP contribution >= 0.6 is 10.7 Å². The van der Waals surface area contributed by atoms with Crippen molar-refractivity contribution in [2.75, 3.05) is 13.2 Å². The monoisotopic (exact) mass is 276 g/mol. The summed E-state index contributed by atoms with van der Waals surface area (Å²) in [7, 11) is 1.65. The number of benzene rings is 1. The first-order valence-corrected chi connectivity index (χ1v) is 7.71. The Balaban J connectivity index is 2.63. The summed E-state index contributed by atoms with van der Waals surface area (Å²) in [5.74, 6) is 1.09. The second kappa shape index (κ2) is 4.74. The average molecular weight is 277 g/mol. The van der Waals surface area contributed by atoms with Gasteiger partial charge >= 0.3 is 0 Å². The summed E-state index contributed by atoms with van der Waals surface area (Å²) < 4.78 is 34.0. The van der Waals surface area contributed by atoms with E-state index in [2.05, 4.69) is 0 Å². The minimum atomic E-state index is -3.75. The zero-order valence-corrected chi connectivity index (χ0v) is 11.0. The summed E-state index contributed by atoms with van der Waals surface area (Å²) in [6.45, 7) is 2.95. The molecule has 0 aromatic heterocycles. The summed E-state index contributed by atoms with van der Waals surface area (Å²) in [5, 5.41) is 0. The Morgan fingerprint density at radius 2 is 2.00 bits per heavy atom. The lowest BCUT2D eigenvalue weighted by atomic mass is 10.1. The van der Waals surface area contributed by atoms with Crippen LogP contribution in [0.2, 0.25) is 0 Å². The molecule has 4 nitrogen and oxygen atoms in total. The molecule has 1 aromatic carbocycles. The Labute approximate surface area is 105 Å². The van der Waals surface area contributed by atoms with Crippen molar-refractivity contribution in [3.05, 3.63) is 17.7 Å². The fraction of sp³-hybridized carbons (Fsp3) is 0.455. The summed E-state index contributed by atoms with van der Waals surface area (Å²) in [5.41, 5.74) is 0.583. The average Bonchev–Trinajstić information content (AvgIpc) is 2.50. The zero-order chi connectivity index (χ0) is 12.5. The molecule has 0 atom stereocenters. The van der Waals surface area contributed by atoms with Gasteiger partial charge in [-0.25, -0.2) is 8.42 Å². The van der Waals surface area contributed by atoms with Crippen LogP contribution in [-0.2, 0) is 15.5 Å². The van der Waals surface area contributed by atoms with Gasteiger partial charge in [0.2, 0.25) is 0 Å². The molecule has 0 N–H and O–H groups in total. The molecule has 0 saturated heterocycles. The lowest BCUT2D eigenvalue weighted by Gasteiger charge is -2.14. The lowest BCUT2D eigenvalue weighted by Crippen LogP contribution is -2.03. The maximum atomic E-state index is 11.5. The van der Waals surface area contributed by atoms with Crippen LogP contribution in [-0.4, -0.2) is 21.6 Å². The van der Waals surface area contributed by atoms with Crippen molar-refractivity contribution in [2.45, 2.75) is 24.7 Å². The van der Waals surface area contributed by atoms with E-state index < -0.39 is 9.05 Å². The third kappa shape index (κ3) is 2.50. The van der Waals surface area contributed by atoms with Gasteiger partial charge in [0.15, 0.2) is 11.5 Å². The molecule has 1 aromatic rings. The largest absolute Gasteiger partial charge is 0.490 e. The van der Waals surface area contributed by atoms with Crippen LogP contribution in [0.3, 0.4) is 0 Å². The number of ether oxygens (including phenoxy) is 2. The predicted molar refractivity (Wildman–Crippen MR) is 64.5 cm³/mol. The number of hydrogen-bond donors (Lipinski definition) is 0. The van der Waals surface area contributed by atoms with Gasteiger partial charge in [-0.15, -0.1) is 0 Å². The van der Waals surface area contributed by atoms with Crippen molar-refractivity contribution in [2.24, 2.45) is 0 Å². The van der Waals surface area contributed by atoms with E-state index in [0.29, 0.717) is 36.7 Å². The van der Waals surface area contributed by atoms with Gasteiger partial charge in [-0.3, -0.25) is 0 Å². The normalized spacial score (nSPS) is 15.4. The summed E-state index contributed by atoms with van der Waals surface area (Å²) in [6.07, 6.45) is 1.30. The van der Waals surface area contributed by atoms with Gasteiger partial charge in [0.05, 0.1) is 18.1 Å². The van der Waals surface area contributed by atoms with Crippen molar-refractivity contribution in [1.29, 1.82) is 0 Å². The number of hydrogen-bond acceptors (Lipinski definition) is 4. The van der Waals surface area contributed by atoms with E-state index >= 15 is 0 Å². The summed E-state index contributed by atoms with van der Waals surface area (Å²) in [4.78, 5) is 0.103. The quantitative estimate of drug-likeness (QED) is 0.778. The molecule has 1 heterocycles. The molecular weight excluding hydrogens is 264 g/mol. The molecule has 94 valence electrons. The Kier molecular flexibility index (Phi) is 3.49. The van der Waals surface area contributed by atoms with Crippen molar-refractivity contribution < 1.29 is 17.9 Å². The fourth-order valence-electron chi connectivity index (χ4n) is 1.84. The number of halogens is 1.